The molecule has 0 spiro atoms. The molecule has 4 aromatic rings. The number of hydrogen-bond acceptors (Lipinski definition) is 8. The van der Waals surface area contributed by atoms with Gasteiger partial charge in [-0.05, 0) is 17.7 Å². The Labute approximate surface area is 190 Å². The summed E-state index contributed by atoms with van der Waals surface area (Å²) in [6.45, 7) is 6.29. The summed E-state index contributed by atoms with van der Waals surface area (Å²) in [5, 5.41) is 4.45. The van der Waals surface area contributed by atoms with Crippen molar-refractivity contribution in [2.24, 2.45) is 0 Å². The predicted molar refractivity (Wildman–Crippen MR) is 127 cm³/mol. The summed E-state index contributed by atoms with van der Waals surface area (Å²) >= 11 is 1.70. The van der Waals surface area contributed by atoms with Crippen LogP contribution in [0.4, 0.5) is 5.13 Å². The third kappa shape index (κ3) is 4.36. The highest BCUT2D eigenvalue weighted by Gasteiger charge is 2.12. The maximum Gasteiger partial charge on any atom is 0.183 e. The van der Waals surface area contributed by atoms with E-state index < -0.39 is 0 Å². The zero-order chi connectivity index (χ0) is 21.9. The molecule has 168 valence electrons. The molecule has 0 unspecified atom stereocenters. The van der Waals surface area contributed by atoms with Crippen LogP contribution >= 0.6 is 11.3 Å². The van der Waals surface area contributed by atoms with Crippen molar-refractivity contribution in [1.29, 1.82) is 0 Å². The van der Waals surface area contributed by atoms with Gasteiger partial charge < -0.3 is 24.1 Å². The molecular formula is C23H27N5O3S. The summed E-state index contributed by atoms with van der Waals surface area (Å²) in [5.41, 5.74) is 4.12. The molecule has 0 amide bonds. The maximum atomic E-state index is 5.46. The molecule has 0 radical (unpaired) electrons. The van der Waals surface area contributed by atoms with Gasteiger partial charge in [0.1, 0.15) is 0 Å². The smallest absolute Gasteiger partial charge is 0.183 e. The van der Waals surface area contributed by atoms with Crippen molar-refractivity contribution in [2.75, 3.05) is 58.9 Å². The van der Waals surface area contributed by atoms with Crippen molar-refractivity contribution < 1.29 is 14.2 Å². The number of rotatable bonds is 8. The van der Waals surface area contributed by atoms with Crippen molar-refractivity contribution in [2.45, 2.75) is 6.54 Å². The number of nitrogens with one attached hydrogen (secondary N) is 1. The van der Waals surface area contributed by atoms with E-state index in [1.807, 2.05) is 18.5 Å². The molecule has 1 saturated heterocycles. The Balaban J connectivity index is 1.29. The molecule has 2 aromatic heterocycles. The molecule has 5 rings (SSSR count). The van der Waals surface area contributed by atoms with Gasteiger partial charge in [-0.3, -0.25) is 4.90 Å². The number of aromatic nitrogens is 3. The third-order valence-electron chi connectivity index (χ3n) is 5.74. The summed E-state index contributed by atoms with van der Waals surface area (Å²) < 4.78 is 19.6. The van der Waals surface area contributed by atoms with Gasteiger partial charge in [0.15, 0.2) is 16.6 Å². The fourth-order valence-corrected chi connectivity index (χ4v) is 4.95. The van der Waals surface area contributed by atoms with E-state index in [9.17, 15) is 0 Å². The van der Waals surface area contributed by atoms with E-state index in [4.69, 9.17) is 19.2 Å². The minimum absolute atomic E-state index is 0.685. The molecule has 0 bridgehead atoms. The van der Waals surface area contributed by atoms with E-state index in [0.717, 1.165) is 67.6 Å². The van der Waals surface area contributed by atoms with Gasteiger partial charge in [-0.15, -0.1) is 0 Å². The molecule has 9 heteroatoms. The Bertz CT molecular complexity index is 1220. The van der Waals surface area contributed by atoms with Crippen LogP contribution in [0.2, 0.25) is 0 Å². The Morgan fingerprint density at radius 2 is 1.88 bits per heavy atom. The van der Waals surface area contributed by atoms with Gasteiger partial charge in [0, 0.05) is 44.9 Å². The second-order valence-electron chi connectivity index (χ2n) is 7.77. The largest absolute Gasteiger partial charge is 0.493 e. The van der Waals surface area contributed by atoms with E-state index in [1.165, 1.54) is 10.3 Å². The first kappa shape index (κ1) is 21.0. The summed E-state index contributed by atoms with van der Waals surface area (Å²) in [6.07, 6.45) is 1.86. The Kier molecular flexibility index (Phi) is 6.11. The third-order valence-corrected chi connectivity index (χ3v) is 6.72. The Morgan fingerprint density at radius 1 is 1.06 bits per heavy atom. The number of benzene rings is 2. The number of hydrogen-bond donors (Lipinski definition) is 1. The molecule has 32 heavy (non-hydrogen) atoms. The van der Waals surface area contributed by atoms with Crippen LogP contribution < -0.4 is 14.8 Å². The standard InChI is InChI=1S/C23H27N5O3S/c1-29-20-12-18-19(13-21(20)30-2)28(15-25-18)14-16-3-4-17-22(11-16)32-23(26-17)24-5-6-27-7-9-31-10-8-27/h3-4,11-13,15H,5-10,14H2,1-2H3,(H,24,26). The van der Waals surface area contributed by atoms with Crippen molar-refractivity contribution in [1.82, 2.24) is 19.4 Å². The number of imidazole rings is 1. The zero-order valence-electron chi connectivity index (χ0n) is 18.3. The van der Waals surface area contributed by atoms with E-state index in [0.29, 0.717) is 11.5 Å². The second-order valence-corrected chi connectivity index (χ2v) is 8.80. The van der Waals surface area contributed by atoms with Crippen LogP contribution in [-0.2, 0) is 11.3 Å². The van der Waals surface area contributed by atoms with Crippen molar-refractivity contribution >= 4 is 37.7 Å². The zero-order valence-corrected chi connectivity index (χ0v) is 19.2. The number of anilines is 1. The second kappa shape index (κ2) is 9.32. The maximum absolute atomic E-state index is 5.46. The number of morpholine rings is 1. The van der Waals surface area contributed by atoms with E-state index >= 15 is 0 Å². The van der Waals surface area contributed by atoms with Crippen LogP contribution in [0.3, 0.4) is 0 Å². The highest BCUT2D eigenvalue weighted by atomic mass is 32.1. The number of nitrogens with zero attached hydrogens (tertiary/aromatic N) is 4. The number of methoxy groups -OCH3 is 2. The van der Waals surface area contributed by atoms with Crippen LogP contribution in [0.5, 0.6) is 11.5 Å². The highest BCUT2D eigenvalue weighted by Crippen LogP contribution is 2.32. The first-order chi connectivity index (χ1) is 15.7. The average Bonchev–Trinajstić information content (AvgIpc) is 3.41. The van der Waals surface area contributed by atoms with E-state index in [1.54, 1.807) is 25.6 Å². The van der Waals surface area contributed by atoms with Gasteiger partial charge in [-0.2, -0.15) is 0 Å². The van der Waals surface area contributed by atoms with Crippen molar-refractivity contribution in [3.8, 4) is 11.5 Å². The number of fused-ring (bicyclic) bond motifs is 2. The summed E-state index contributed by atoms with van der Waals surface area (Å²) in [7, 11) is 3.28. The molecule has 3 heterocycles. The van der Waals surface area contributed by atoms with Crippen LogP contribution in [0.25, 0.3) is 21.3 Å². The average molecular weight is 454 g/mol. The van der Waals surface area contributed by atoms with E-state index in [-0.39, 0.29) is 0 Å². The topological polar surface area (TPSA) is 73.7 Å². The normalized spacial score (nSPS) is 14.8. The van der Waals surface area contributed by atoms with E-state index in [2.05, 4.69) is 38.0 Å². The first-order valence-corrected chi connectivity index (χ1v) is 11.6. The minimum Gasteiger partial charge on any atom is -0.493 e. The van der Waals surface area contributed by atoms with Gasteiger partial charge in [-0.25, -0.2) is 9.97 Å². The molecule has 0 atom stereocenters. The monoisotopic (exact) mass is 453 g/mol. The van der Waals surface area contributed by atoms with Gasteiger partial charge in [-0.1, -0.05) is 17.4 Å². The molecule has 1 aliphatic rings. The van der Waals surface area contributed by atoms with Crippen molar-refractivity contribution in [3.05, 3.63) is 42.2 Å². The van der Waals surface area contributed by atoms with Crippen LogP contribution in [0.1, 0.15) is 5.56 Å². The quantitative estimate of drug-likeness (QED) is 0.438. The molecular weight excluding hydrogens is 426 g/mol. The molecule has 1 N–H and O–H groups in total. The van der Waals surface area contributed by atoms with Gasteiger partial charge >= 0.3 is 0 Å². The highest BCUT2D eigenvalue weighted by molar-refractivity contribution is 7.22. The number of ether oxygens (including phenoxy) is 3. The molecule has 1 aliphatic heterocycles. The molecule has 0 saturated carbocycles. The van der Waals surface area contributed by atoms with Crippen molar-refractivity contribution in [3.63, 3.8) is 0 Å². The lowest BCUT2D eigenvalue weighted by Crippen LogP contribution is -2.38. The van der Waals surface area contributed by atoms with Gasteiger partial charge in [0.2, 0.25) is 0 Å². The SMILES string of the molecule is COc1cc2ncn(Cc3ccc4nc(NCCN5CCOCC5)sc4c3)c2cc1OC. The minimum atomic E-state index is 0.685. The Hall–Kier alpha value is -2.88. The number of thiazole rings is 1. The molecule has 1 fully saturated rings. The van der Waals surface area contributed by atoms with Crippen LogP contribution in [0.15, 0.2) is 36.7 Å². The molecule has 2 aromatic carbocycles. The molecule has 0 aliphatic carbocycles. The molecule has 8 nitrogen and oxygen atoms in total. The lowest BCUT2D eigenvalue weighted by Gasteiger charge is -2.26. The lowest BCUT2D eigenvalue weighted by molar-refractivity contribution is 0.0398. The van der Waals surface area contributed by atoms with Gasteiger partial charge in [0.25, 0.3) is 0 Å². The fraction of sp³-hybridized carbons (Fsp3) is 0.391. The summed E-state index contributed by atoms with van der Waals surface area (Å²) in [4.78, 5) is 11.7. The van der Waals surface area contributed by atoms with Gasteiger partial charge in [0.05, 0.1) is 55.0 Å². The van der Waals surface area contributed by atoms with Crippen LogP contribution in [0, 0.1) is 0 Å². The fourth-order valence-electron chi connectivity index (χ4n) is 4.00. The first-order valence-electron chi connectivity index (χ1n) is 10.7. The summed E-state index contributed by atoms with van der Waals surface area (Å²) in [5.74, 6) is 1.39. The summed E-state index contributed by atoms with van der Waals surface area (Å²) in [6, 6.07) is 10.3. The predicted octanol–water partition coefficient (Wildman–Crippen LogP) is 3.46. The van der Waals surface area contributed by atoms with Crippen LogP contribution in [-0.4, -0.2) is 73.0 Å². The lowest BCUT2D eigenvalue weighted by atomic mass is 10.2. The Morgan fingerprint density at radius 3 is 2.69 bits per heavy atom.